The van der Waals surface area contributed by atoms with Crippen LogP contribution in [0.2, 0.25) is 0 Å². The predicted molar refractivity (Wildman–Crippen MR) is 165 cm³/mol. The van der Waals surface area contributed by atoms with Crippen molar-refractivity contribution in [2.24, 2.45) is 0 Å². The van der Waals surface area contributed by atoms with Crippen LogP contribution in [0.25, 0.3) is 10.8 Å². The van der Waals surface area contributed by atoms with Gasteiger partial charge in [-0.05, 0) is 57.3 Å². The van der Waals surface area contributed by atoms with Gasteiger partial charge in [-0.15, -0.1) is 0 Å². The largest absolute Gasteiger partial charge is 0.461 e. The average molecular weight is 566 g/mol. The highest BCUT2D eigenvalue weighted by atomic mass is 16.5. The maximum atomic E-state index is 12.5. The zero-order valence-corrected chi connectivity index (χ0v) is 24.6. The Morgan fingerprint density at radius 1 is 1.14 bits per heavy atom. The maximum Gasteiger partial charge on any atom is 0.318 e. The number of carbonyl (C=O) groups is 1. The lowest BCUT2D eigenvalue weighted by Gasteiger charge is -2.42. The summed E-state index contributed by atoms with van der Waals surface area (Å²) in [5.74, 6) is 0.731. The third-order valence-electron chi connectivity index (χ3n) is 9.34. The average Bonchev–Trinajstić information content (AvgIpc) is 3.36. The second-order valence-electron chi connectivity index (χ2n) is 11.9. The van der Waals surface area contributed by atoms with Crippen LogP contribution in [0.3, 0.4) is 0 Å². The van der Waals surface area contributed by atoms with Gasteiger partial charge in [-0.2, -0.15) is 15.2 Å². The molecule has 0 spiro atoms. The van der Waals surface area contributed by atoms with E-state index in [0.717, 1.165) is 49.4 Å². The number of rotatable bonds is 7. The van der Waals surface area contributed by atoms with Crippen LogP contribution in [0.1, 0.15) is 37.4 Å². The highest BCUT2D eigenvalue weighted by Crippen LogP contribution is 2.35. The Morgan fingerprint density at radius 2 is 1.98 bits per heavy atom. The molecule has 2 fully saturated rings. The summed E-state index contributed by atoms with van der Waals surface area (Å²) in [6.45, 7) is 10.6. The molecular formula is C33H39N7O2. The van der Waals surface area contributed by atoms with Crippen LogP contribution in [0.15, 0.2) is 55.1 Å². The van der Waals surface area contributed by atoms with Gasteiger partial charge in [-0.1, -0.05) is 43.0 Å². The van der Waals surface area contributed by atoms with Crippen molar-refractivity contribution >= 4 is 28.2 Å². The van der Waals surface area contributed by atoms with Crippen LogP contribution in [0.4, 0.5) is 11.5 Å². The highest BCUT2D eigenvalue weighted by molar-refractivity contribution is 5.94. The van der Waals surface area contributed by atoms with Gasteiger partial charge in [0, 0.05) is 42.8 Å². The lowest BCUT2D eigenvalue weighted by atomic mass is 10.0. The summed E-state index contributed by atoms with van der Waals surface area (Å²) in [7, 11) is 2.15. The van der Waals surface area contributed by atoms with Gasteiger partial charge >= 0.3 is 6.01 Å². The zero-order valence-electron chi connectivity index (χ0n) is 24.6. The van der Waals surface area contributed by atoms with Gasteiger partial charge in [0.25, 0.3) is 0 Å². The van der Waals surface area contributed by atoms with Crippen LogP contribution in [0, 0.1) is 11.3 Å². The van der Waals surface area contributed by atoms with E-state index >= 15 is 0 Å². The minimum atomic E-state index is -0.231. The van der Waals surface area contributed by atoms with Gasteiger partial charge in [0.1, 0.15) is 12.4 Å². The Morgan fingerprint density at radius 3 is 2.76 bits per heavy atom. The van der Waals surface area contributed by atoms with Crippen LogP contribution in [0.5, 0.6) is 6.01 Å². The van der Waals surface area contributed by atoms with Crippen molar-refractivity contribution in [2.75, 3.05) is 56.2 Å². The molecule has 42 heavy (non-hydrogen) atoms. The van der Waals surface area contributed by atoms with E-state index in [2.05, 4.69) is 83.8 Å². The van der Waals surface area contributed by atoms with Gasteiger partial charge < -0.3 is 19.4 Å². The number of piperazine rings is 1. The molecule has 3 aliphatic heterocycles. The van der Waals surface area contributed by atoms with E-state index < -0.39 is 0 Å². The molecule has 0 radical (unpaired) electrons. The first kappa shape index (κ1) is 28.0. The first-order valence-corrected chi connectivity index (χ1v) is 14.9. The van der Waals surface area contributed by atoms with E-state index in [1.807, 2.05) is 0 Å². The van der Waals surface area contributed by atoms with Gasteiger partial charge in [0.05, 0.1) is 36.3 Å². The molecule has 3 aromatic rings. The molecule has 6 rings (SSSR count). The minimum absolute atomic E-state index is 0.0526. The number of ether oxygens (including phenoxy) is 1. The lowest BCUT2D eigenvalue weighted by Crippen LogP contribution is -2.55. The number of carbonyl (C=O) groups excluding carboxylic acids is 1. The highest BCUT2D eigenvalue weighted by Gasteiger charge is 2.36. The Bertz CT molecular complexity index is 1530. The predicted octanol–water partition coefficient (Wildman–Crippen LogP) is 4.17. The summed E-state index contributed by atoms with van der Waals surface area (Å²) in [6, 6.07) is 17.4. The molecule has 4 heterocycles. The van der Waals surface area contributed by atoms with Crippen molar-refractivity contribution in [3.8, 4) is 12.1 Å². The van der Waals surface area contributed by atoms with Crippen LogP contribution in [-0.2, 0) is 17.8 Å². The first-order valence-electron chi connectivity index (χ1n) is 14.9. The molecule has 2 atom stereocenters. The fourth-order valence-electron chi connectivity index (χ4n) is 6.70. The smallest absolute Gasteiger partial charge is 0.318 e. The maximum absolute atomic E-state index is 12.5. The molecule has 0 saturated carbocycles. The topological polar surface area (TPSA) is 88.8 Å². The number of likely N-dealkylation sites (N-methyl/N-ethyl adjacent to an activating group) is 1. The molecule has 0 unspecified atom stereocenters. The molecule has 1 aromatic heterocycles. The standard InChI is InChI=1S/C33H39N7O2/c1-4-30(41)40-20-19-39(21-25(40)13-16-34)31-27-14-18-38(29-12-7-10-24-9-5-6-11-26(24)29)22-28(27)35-32(36-31)42-23-33(2)15-8-17-37(33)3/h4-7,9-12,25H,1,8,13-15,17-23H2,2-3H3/t25-,33-/m0/s1. The van der Waals surface area contributed by atoms with Crippen molar-refractivity contribution < 1.29 is 9.53 Å². The number of nitriles is 1. The third kappa shape index (κ3) is 5.27. The zero-order chi connectivity index (χ0) is 29.3. The van der Waals surface area contributed by atoms with Crippen LogP contribution < -0.4 is 14.5 Å². The van der Waals surface area contributed by atoms with Crippen molar-refractivity contribution in [2.45, 2.75) is 50.7 Å². The van der Waals surface area contributed by atoms with Crippen molar-refractivity contribution in [3.05, 3.63) is 66.4 Å². The fourth-order valence-corrected chi connectivity index (χ4v) is 6.70. The molecular weight excluding hydrogens is 526 g/mol. The summed E-state index contributed by atoms with van der Waals surface area (Å²) in [6.07, 6.45) is 4.61. The lowest BCUT2D eigenvalue weighted by molar-refractivity contribution is -0.128. The SMILES string of the molecule is C=CC(=O)N1CCN(c2nc(OC[C@]3(C)CCCN3C)nc3c2CCN(c2cccc4ccccc24)C3)C[C@@H]1CC#N. The molecule has 9 heteroatoms. The number of fused-ring (bicyclic) bond motifs is 2. The van der Waals surface area contributed by atoms with E-state index in [-0.39, 0.29) is 23.9 Å². The number of benzene rings is 2. The second-order valence-corrected chi connectivity index (χ2v) is 11.9. The normalized spacial score (nSPS) is 22.6. The Labute approximate surface area is 248 Å². The van der Waals surface area contributed by atoms with Gasteiger partial charge in [-0.25, -0.2) is 0 Å². The number of nitrogens with zero attached hydrogens (tertiary/aromatic N) is 7. The molecule has 9 nitrogen and oxygen atoms in total. The number of aromatic nitrogens is 2. The van der Waals surface area contributed by atoms with Crippen molar-refractivity contribution in [3.63, 3.8) is 0 Å². The number of hydrogen-bond donors (Lipinski definition) is 0. The summed E-state index contributed by atoms with van der Waals surface area (Å²) in [5, 5.41) is 12.0. The summed E-state index contributed by atoms with van der Waals surface area (Å²) in [5.41, 5.74) is 3.25. The molecule has 0 aliphatic carbocycles. The molecule has 0 N–H and O–H groups in total. The number of hydrogen-bond acceptors (Lipinski definition) is 8. The van der Waals surface area contributed by atoms with Crippen molar-refractivity contribution in [1.29, 1.82) is 5.26 Å². The van der Waals surface area contributed by atoms with Crippen LogP contribution >= 0.6 is 0 Å². The van der Waals surface area contributed by atoms with E-state index in [4.69, 9.17) is 14.7 Å². The second kappa shape index (κ2) is 11.6. The molecule has 3 aliphatic rings. The van der Waals surface area contributed by atoms with Gasteiger partial charge in [0.15, 0.2) is 0 Å². The van der Waals surface area contributed by atoms with E-state index in [9.17, 15) is 10.1 Å². The van der Waals surface area contributed by atoms with E-state index in [1.54, 1.807) is 4.90 Å². The summed E-state index contributed by atoms with van der Waals surface area (Å²) >= 11 is 0. The Balaban J connectivity index is 1.34. The molecule has 1 amide bonds. The van der Waals surface area contributed by atoms with Gasteiger partial charge in [0.2, 0.25) is 5.91 Å². The molecule has 2 saturated heterocycles. The van der Waals surface area contributed by atoms with Crippen LogP contribution in [-0.4, -0.2) is 83.6 Å². The summed E-state index contributed by atoms with van der Waals surface area (Å²) in [4.78, 5) is 31.3. The monoisotopic (exact) mass is 565 g/mol. The first-order chi connectivity index (χ1) is 20.4. The summed E-state index contributed by atoms with van der Waals surface area (Å²) < 4.78 is 6.38. The number of anilines is 2. The van der Waals surface area contributed by atoms with E-state index in [0.29, 0.717) is 38.8 Å². The number of amides is 1. The number of likely N-dealkylation sites (tertiary alicyclic amines) is 1. The molecule has 2 aromatic carbocycles. The fraction of sp³-hybridized carbons (Fsp3) is 0.455. The molecule has 0 bridgehead atoms. The molecule has 218 valence electrons. The quantitative estimate of drug-likeness (QED) is 0.395. The van der Waals surface area contributed by atoms with Gasteiger partial charge in [-0.3, -0.25) is 9.69 Å². The van der Waals surface area contributed by atoms with Crippen molar-refractivity contribution in [1.82, 2.24) is 19.8 Å². The third-order valence-corrected chi connectivity index (χ3v) is 9.34. The Hall–Kier alpha value is -4.16. The Kier molecular flexibility index (Phi) is 7.74. The minimum Gasteiger partial charge on any atom is -0.461 e. The van der Waals surface area contributed by atoms with E-state index in [1.165, 1.54) is 22.5 Å².